The number of halogens is 1. The van der Waals surface area contributed by atoms with E-state index in [0.717, 1.165) is 0 Å². The van der Waals surface area contributed by atoms with Gasteiger partial charge in [0.15, 0.2) is 0 Å². The van der Waals surface area contributed by atoms with Gasteiger partial charge >= 0.3 is 5.97 Å². The van der Waals surface area contributed by atoms with Gasteiger partial charge in [-0.1, -0.05) is 17.7 Å². The van der Waals surface area contributed by atoms with E-state index in [1.807, 2.05) is 0 Å². The molecule has 0 aliphatic carbocycles. The number of carbonyl (C=O) groups excluding carboxylic acids is 1. The first kappa shape index (κ1) is 11.4. The Morgan fingerprint density at radius 2 is 2.25 bits per heavy atom. The SMILES string of the molecule is COC(=O)c1ccc(C2(O)CNC2)cc1Cl. The van der Waals surface area contributed by atoms with Gasteiger partial charge in [-0.25, -0.2) is 4.79 Å². The van der Waals surface area contributed by atoms with Crippen molar-refractivity contribution in [1.82, 2.24) is 5.32 Å². The number of aliphatic hydroxyl groups is 1. The highest BCUT2D eigenvalue weighted by Gasteiger charge is 2.36. The van der Waals surface area contributed by atoms with Crippen LogP contribution in [0.3, 0.4) is 0 Å². The number of esters is 1. The fraction of sp³-hybridized carbons (Fsp3) is 0.364. The van der Waals surface area contributed by atoms with Crippen LogP contribution >= 0.6 is 11.6 Å². The first-order valence-electron chi connectivity index (χ1n) is 4.88. The van der Waals surface area contributed by atoms with Crippen molar-refractivity contribution < 1.29 is 14.6 Å². The van der Waals surface area contributed by atoms with E-state index in [1.165, 1.54) is 7.11 Å². The maximum Gasteiger partial charge on any atom is 0.339 e. The minimum atomic E-state index is -0.863. The summed E-state index contributed by atoms with van der Waals surface area (Å²) in [5.41, 5.74) is 0.158. The molecule has 4 nitrogen and oxygen atoms in total. The number of hydrogen-bond acceptors (Lipinski definition) is 4. The first-order valence-corrected chi connectivity index (χ1v) is 5.26. The summed E-state index contributed by atoms with van der Waals surface area (Å²) in [5.74, 6) is -0.477. The van der Waals surface area contributed by atoms with Crippen molar-refractivity contribution in [2.24, 2.45) is 0 Å². The van der Waals surface area contributed by atoms with E-state index in [2.05, 4.69) is 10.1 Å². The average molecular weight is 242 g/mol. The van der Waals surface area contributed by atoms with Crippen molar-refractivity contribution in [3.05, 3.63) is 34.3 Å². The molecule has 1 fully saturated rings. The van der Waals surface area contributed by atoms with Gasteiger partial charge in [-0.2, -0.15) is 0 Å². The van der Waals surface area contributed by atoms with Crippen LogP contribution in [0, 0.1) is 0 Å². The van der Waals surface area contributed by atoms with Crippen LogP contribution in [0.1, 0.15) is 15.9 Å². The van der Waals surface area contributed by atoms with Crippen LogP contribution in [0.25, 0.3) is 0 Å². The van der Waals surface area contributed by atoms with Gasteiger partial charge in [-0.05, 0) is 17.7 Å². The van der Waals surface area contributed by atoms with Gasteiger partial charge in [-0.3, -0.25) is 0 Å². The molecule has 0 unspecified atom stereocenters. The number of hydrogen-bond donors (Lipinski definition) is 2. The van der Waals surface area contributed by atoms with Crippen molar-refractivity contribution >= 4 is 17.6 Å². The predicted octanol–water partition coefficient (Wildman–Crippen LogP) is 0.917. The van der Waals surface area contributed by atoms with Crippen molar-refractivity contribution in [3.8, 4) is 0 Å². The number of carbonyl (C=O) groups is 1. The average Bonchev–Trinajstić information content (AvgIpc) is 2.24. The molecule has 0 saturated carbocycles. The number of rotatable bonds is 2. The molecule has 2 N–H and O–H groups in total. The van der Waals surface area contributed by atoms with Crippen LogP contribution in [-0.4, -0.2) is 31.3 Å². The van der Waals surface area contributed by atoms with Gasteiger partial charge < -0.3 is 15.2 Å². The zero-order chi connectivity index (χ0) is 11.8. The molecule has 1 aromatic rings. The summed E-state index contributed by atoms with van der Waals surface area (Å²) >= 11 is 5.96. The summed E-state index contributed by atoms with van der Waals surface area (Å²) in [4.78, 5) is 11.3. The minimum absolute atomic E-state index is 0.296. The molecule has 5 heteroatoms. The lowest BCUT2D eigenvalue weighted by Crippen LogP contribution is -2.56. The maximum atomic E-state index is 11.3. The zero-order valence-electron chi connectivity index (χ0n) is 8.79. The Labute approximate surface area is 98.2 Å². The van der Waals surface area contributed by atoms with Crippen LogP contribution in [0.15, 0.2) is 18.2 Å². The van der Waals surface area contributed by atoms with Crippen LogP contribution in [0.2, 0.25) is 5.02 Å². The summed E-state index contributed by atoms with van der Waals surface area (Å²) in [6.45, 7) is 1.00. The van der Waals surface area contributed by atoms with E-state index in [9.17, 15) is 9.90 Å². The minimum Gasteiger partial charge on any atom is -0.465 e. The van der Waals surface area contributed by atoms with Gasteiger partial charge in [0.2, 0.25) is 0 Å². The van der Waals surface area contributed by atoms with E-state index in [1.54, 1.807) is 18.2 Å². The lowest BCUT2D eigenvalue weighted by molar-refractivity contribution is -0.0146. The molecule has 16 heavy (non-hydrogen) atoms. The molecule has 0 radical (unpaired) electrons. The molecular weight excluding hydrogens is 230 g/mol. The molecule has 0 atom stereocenters. The third-order valence-electron chi connectivity index (χ3n) is 2.75. The molecular formula is C11H12ClNO3. The fourth-order valence-electron chi connectivity index (χ4n) is 1.65. The van der Waals surface area contributed by atoms with Crippen molar-refractivity contribution in [3.63, 3.8) is 0 Å². The Morgan fingerprint density at radius 3 is 2.69 bits per heavy atom. The van der Waals surface area contributed by atoms with Crippen molar-refractivity contribution in [1.29, 1.82) is 0 Å². The topological polar surface area (TPSA) is 58.6 Å². The molecule has 0 spiro atoms. The normalized spacial score (nSPS) is 17.7. The lowest BCUT2D eigenvalue weighted by Gasteiger charge is -2.38. The second-order valence-corrected chi connectivity index (χ2v) is 4.23. The number of methoxy groups -OCH3 is 1. The van der Waals surface area contributed by atoms with Gasteiger partial charge in [0, 0.05) is 13.1 Å². The Bertz CT molecular complexity index is 429. The zero-order valence-corrected chi connectivity index (χ0v) is 9.54. The quantitative estimate of drug-likeness (QED) is 0.756. The smallest absolute Gasteiger partial charge is 0.339 e. The Morgan fingerprint density at radius 1 is 1.56 bits per heavy atom. The predicted molar refractivity (Wildman–Crippen MR) is 59.6 cm³/mol. The van der Waals surface area contributed by atoms with E-state index in [4.69, 9.17) is 11.6 Å². The van der Waals surface area contributed by atoms with E-state index in [-0.39, 0.29) is 0 Å². The molecule has 1 saturated heterocycles. The molecule has 2 rings (SSSR count). The molecule has 1 aliphatic heterocycles. The number of benzene rings is 1. The van der Waals surface area contributed by atoms with Crippen molar-refractivity contribution in [2.75, 3.05) is 20.2 Å². The van der Waals surface area contributed by atoms with Crippen LogP contribution in [0.5, 0.6) is 0 Å². The summed E-state index contributed by atoms with van der Waals surface area (Å²) in [5, 5.41) is 13.3. The number of nitrogens with one attached hydrogen (secondary N) is 1. The van der Waals surface area contributed by atoms with Crippen molar-refractivity contribution in [2.45, 2.75) is 5.60 Å². The largest absolute Gasteiger partial charge is 0.465 e. The van der Waals surface area contributed by atoms with E-state index >= 15 is 0 Å². The monoisotopic (exact) mass is 241 g/mol. The molecule has 1 aliphatic rings. The highest BCUT2D eigenvalue weighted by atomic mass is 35.5. The fourth-order valence-corrected chi connectivity index (χ4v) is 1.90. The highest BCUT2D eigenvalue weighted by Crippen LogP contribution is 2.29. The molecule has 0 bridgehead atoms. The molecule has 1 aromatic carbocycles. The summed E-state index contributed by atoms with van der Waals surface area (Å²) < 4.78 is 4.58. The van der Waals surface area contributed by atoms with Crippen LogP contribution in [-0.2, 0) is 10.3 Å². The number of ether oxygens (including phenoxy) is 1. The second kappa shape index (κ2) is 4.05. The second-order valence-electron chi connectivity index (χ2n) is 3.82. The van der Waals surface area contributed by atoms with Crippen LogP contribution in [0.4, 0.5) is 0 Å². The molecule has 0 amide bonds. The van der Waals surface area contributed by atoms with Gasteiger partial charge in [0.1, 0.15) is 5.60 Å². The third kappa shape index (κ3) is 1.80. The van der Waals surface area contributed by atoms with Gasteiger partial charge in [-0.15, -0.1) is 0 Å². The van der Waals surface area contributed by atoms with Gasteiger partial charge in [0.25, 0.3) is 0 Å². The molecule has 86 valence electrons. The maximum absolute atomic E-state index is 11.3. The number of β-amino-alcohol motifs (C(OH)–C–C–N with tert-alkyl or cyclic N) is 1. The lowest BCUT2D eigenvalue weighted by atomic mass is 9.88. The van der Waals surface area contributed by atoms with E-state index in [0.29, 0.717) is 29.2 Å². The Hall–Kier alpha value is -1.10. The third-order valence-corrected chi connectivity index (χ3v) is 3.06. The molecule has 1 heterocycles. The molecule has 0 aromatic heterocycles. The Balaban J connectivity index is 2.32. The Kier molecular flexibility index (Phi) is 2.88. The van der Waals surface area contributed by atoms with E-state index < -0.39 is 11.6 Å². The highest BCUT2D eigenvalue weighted by molar-refractivity contribution is 6.33. The first-order chi connectivity index (χ1) is 7.57. The summed E-state index contributed by atoms with van der Waals surface area (Å²) in [6.07, 6.45) is 0. The van der Waals surface area contributed by atoms with Gasteiger partial charge in [0.05, 0.1) is 17.7 Å². The van der Waals surface area contributed by atoms with Crippen LogP contribution < -0.4 is 5.32 Å². The summed E-state index contributed by atoms with van der Waals surface area (Å²) in [6, 6.07) is 4.87. The standard InChI is InChI=1S/C11H12ClNO3/c1-16-10(14)8-3-2-7(4-9(8)12)11(15)5-13-6-11/h2-4,13,15H,5-6H2,1H3. The summed E-state index contributed by atoms with van der Waals surface area (Å²) in [7, 11) is 1.30.